The van der Waals surface area contributed by atoms with Crippen LogP contribution in [0.3, 0.4) is 0 Å². The molecule has 4 nitrogen and oxygen atoms in total. The molecule has 2 heterocycles. The van der Waals surface area contributed by atoms with E-state index < -0.39 is 0 Å². The van der Waals surface area contributed by atoms with Gasteiger partial charge in [0.05, 0.1) is 0 Å². The Hall–Kier alpha value is -1.42. The second-order valence-corrected chi connectivity index (χ2v) is 5.98. The van der Waals surface area contributed by atoms with Crippen molar-refractivity contribution in [2.24, 2.45) is 11.7 Å². The number of benzene rings is 1. The van der Waals surface area contributed by atoms with Gasteiger partial charge in [0.2, 0.25) is 0 Å². The molecule has 0 spiro atoms. The van der Waals surface area contributed by atoms with Gasteiger partial charge in [-0.1, -0.05) is 0 Å². The summed E-state index contributed by atoms with van der Waals surface area (Å²) in [6, 6.07) is 6.60. The standard InChI is InChI=1S/C16H24N2O2/c1-12(17)2-3-13-6-7-18(11-13)14-4-5-15-16(10-14)20-9-8-19-15/h4-5,10,12-13H,2-3,6-9,11,17H2,1H3. The average molecular weight is 276 g/mol. The minimum atomic E-state index is 0.318. The summed E-state index contributed by atoms with van der Waals surface area (Å²) in [5, 5.41) is 0. The zero-order chi connectivity index (χ0) is 13.9. The fraction of sp³-hybridized carbons (Fsp3) is 0.625. The van der Waals surface area contributed by atoms with Crippen LogP contribution >= 0.6 is 0 Å². The Morgan fingerprint density at radius 3 is 2.90 bits per heavy atom. The summed E-state index contributed by atoms with van der Waals surface area (Å²) in [5.41, 5.74) is 7.10. The minimum Gasteiger partial charge on any atom is -0.486 e. The molecule has 1 aromatic carbocycles. The highest BCUT2D eigenvalue weighted by molar-refractivity contribution is 5.57. The first-order valence-electron chi connectivity index (χ1n) is 7.62. The van der Waals surface area contributed by atoms with Crippen LogP contribution in [0.4, 0.5) is 5.69 Å². The predicted molar refractivity (Wildman–Crippen MR) is 80.6 cm³/mol. The molecule has 2 N–H and O–H groups in total. The lowest BCUT2D eigenvalue weighted by molar-refractivity contribution is 0.171. The topological polar surface area (TPSA) is 47.7 Å². The molecule has 0 aromatic heterocycles. The predicted octanol–water partition coefficient (Wildman–Crippen LogP) is 2.41. The van der Waals surface area contributed by atoms with Gasteiger partial charge in [-0.25, -0.2) is 0 Å². The second-order valence-electron chi connectivity index (χ2n) is 5.98. The van der Waals surface area contributed by atoms with Gasteiger partial charge in [0.25, 0.3) is 0 Å². The van der Waals surface area contributed by atoms with Crippen LogP contribution in [0, 0.1) is 5.92 Å². The third-order valence-electron chi connectivity index (χ3n) is 4.21. The lowest BCUT2D eigenvalue weighted by Crippen LogP contribution is -2.22. The van der Waals surface area contributed by atoms with E-state index in [0.717, 1.165) is 36.9 Å². The average Bonchev–Trinajstić information content (AvgIpc) is 2.93. The maximum absolute atomic E-state index is 5.85. The summed E-state index contributed by atoms with van der Waals surface area (Å²) in [6.45, 7) is 5.64. The van der Waals surface area contributed by atoms with Crippen LogP contribution in [-0.2, 0) is 0 Å². The first-order valence-corrected chi connectivity index (χ1v) is 7.62. The summed E-state index contributed by atoms with van der Waals surface area (Å²) in [4.78, 5) is 2.45. The molecule has 2 aliphatic rings. The van der Waals surface area contributed by atoms with Crippen LogP contribution < -0.4 is 20.1 Å². The Labute approximate surface area is 120 Å². The van der Waals surface area contributed by atoms with Crippen molar-refractivity contribution in [1.29, 1.82) is 0 Å². The van der Waals surface area contributed by atoms with Crippen molar-refractivity contribution in [3.63, 3.8) is 0 Å². The molecule has 3 rings (SSSR count). The van der Waals surface area contributed by atoms with Crippen molar-refractivity contribution in [3.8, 4) is 11.5 Å². The van der Waals surface area contributed by atoms with E-state index in [1.807, 2.05) is 6.07 Å². The van der Waals surface area contributed by atoms with E-state index in [1.54, 1.807) is 0 Å². The number of nitrogens with two attached hydrogens (primary N) is 1. The molecule has 0 amide bonds. The SMILES string of the molecule is CC(N)CCC1CCN(c2ccc3c(c2)OCCO3)C1. The van der Waals surface area contributed by atoms with E-state index in [-0.39, 0.29) is 0 Å². The van der Waals surface area contributed by atoms with Crippen LogP contribution in [0.2, 0.25) is 0 Å². The highest BCUT2D eigenvalue weighted by atomic mass is 16.6. The molecule has 0 aliphatic carbocycles. The van der Waals surface area contributed by atoms with Gasteiger partial charge < -0.3 is 20.1 Å². The van der Waals surface area contributed by atoms with Gasteiger partial charge in [0.15, 0.2) is 11.5 Å². The van der Waals surface area contributed by atoms with Gasteiger partial charge in [0, 0.05) is 30.9 Å². The Bertz CT molecular complexity index is 462. The highest BCUT2D eigenvalue weighted by Crippen LogP contribution is 2.36. The number of ether oxygens (including phenoxy) is 2. The van der Waals surface area contributed by atoms with E-state index in [4.69, 9.17) is 15.2 Å². The maximum atomic E-state index is 5.85. The molecule has 2 aliphatic heterocycles. The van der Waals surface area contributed by atoms with E-state index in [1.165, 1.54) is 18.5 Å². The van der Waals surface area contributed by atoms with Gasteiger partial charge in [-0.05, 0) is 44.2 Å². The molecule has 2 atom stereocenters. The Morgan fingerprint density at radius 2 is 2.10 bits per heavy atom. The molecule has 1 fully saturated rings. The summed E-state index contributed by atoms with van der Waals surface area (Å²) in [6.07, 6.45) is 3.62. The number of hydrogen-bond acceptors (Lipinski definition) is 4. The van der Waals surface area contributed by atoms with Crippen LogP contribution in [0.15, 0.2) is 18.2 Å². The normalized spacial score (nSPS) is 22.9. The molecule has 0 saturated carbocycles. The Morgan fingerprint density at radius 1 is 1.30 bits per heavy atom. The van der Waals surface area contributed by atoms with Gasteiger partial charge in [-0.3, -0.25) is 0 Å². The lowest BCUT2D eigenvalue weighted by atomic mass is 10.0. The molecule has 2 unspecified atom stereocenters. The quantitative estimate of drug-likeness (QED) is 0.917. The van der Waals surface area contributed by atoms with E-state index >= 15 is 0 Å². The van der Waals surface area contributed by atoms with Crippen molar-refractivity contribution in [1.82, 2.24) is 0 Å². The number of rotatable bonds is 4. The third kappa shape index (κ3) is 3.01. The fourth-order valence-electron chi connectivity index (χ4n) is 3.03. The van der Waals surface area contributed by atoms with Crippen LogP contribution in [0.25, 0.3) is 0 Å². The number of fused-ring (bicyclic) bond motifs is 1. The van der Waals surface area contributed by atoms with Gasteiger partial charge in [0.1, 0.15) is 13.2 Å². The van der Waals surface area contributed by atoms with Gasteiger partial charge >= 0.3 is 0 Å². The number of anilines is 1. The molecular weight excluding hydrogens is 252 g/mol. The third-order valence-corrected chi connectivity index (χ3v) is 4.21. The fourth-order valence-corrected chi connectivity index (χ4v) is 3.03. The molecule has 110 valence electrons. The van der Waals surface area contributed by atoms with E-state index in [9.17, 15) is 0 Å². The molecular formula is C16H24N2O2. The van der Waals surface area contributed by atoms with E-state index in [2.05, 4.69) is 24.0 Å². The maximum Gasteiger partial charge on any atom is 0.163 e. The number of nitrogens with zero attached hydrogens (tertiary/aromatic N) is 1. The highest BCUT2D eigenvalue weighted by Gasteiger charge is 2.24. The molecule has 0 bridgehead atoms. The monoisotopic (exact) mass is 276 g/mol. The molecule has 4 heteroatoms. The summed E-state index contributed by atoms with van der Waals surface area (Å²) < 4.78 is 11.2. The summed E-state index contributed by atoms with van der Waals surface area (Å²) in [7, 11) is 0. The van der Waals surface area contributed by atoms with Crippen molar-refractivity contribution < 1.29 is 9.47 Å². The molecule has 20 heavy (non-hydrogen) atoms. The minimum absolute atomic E-state index is 0.318. The first-order chi connectivity index (χ1) is 9.72. The van der Waals surface area contributed by atoms with Crippen LogP contribution in [-0.4, -0.2) is 32.3 Å². The van der Waals surface area contributed by atoms with Crippen molar-refractivity contribution in [2.45, 2.75) is 32.2 Å². The second kappa shape index (κ2) is 5.92. The van der Waals surface area contributed by atoms with Crippen molar-refractivity contribution in [3.05, 3.63) is 18.2 Å². The zero-order valence-corrected chi connectivity index (χ0v) is 12.2. The van der Waals surface area contributed by atoms with Crippen LogP contribution in [0.5, 0.6) is 11.5 Å². The number of hydrogen-bond donors (Lipinski definition) is 1. The lowest BCUT2D eigenvalue weighted by Gasteiger charge is -2.23. The summed E-state index contributed by atoms with van der Waals surface area (Å²) in [5.74, 6) is 2.52. The van der Waals surface area contributed by atoms with Gasteiger partial charge in [-0.15, -0.1) is 0 Å². The van der Waals surface area contributed by atoms with E-state index in [0.29, 0.717) is 19.3 Å². The van der Waals surface area contributed by atoms with Crippen molar-refractivity contribution in [2.75, 3.05) is 31.2 Å². The molecule has 1 aromatic rings. The summed E-state index contributed by atoms with van der Waals surface area (Å²) >= 11 is 0. The molecule has 1 saturated heterocycles. The zero-order valence-electron chi connectivity index (χ0n) is 12.2. The Balaban J connectivity index is 1.62. The van der Waals surface area contributed by atoms with Crippen molar-refractivity contribution >= 4 is 5.69 Å². The molecule has 0 radical (unpaired) electrons. The first kappa shape index (κ1) is 13.6. The van der Waals surface area contributed by atoms with Gasteiger partial charge in [-0.2, -0.15) is 0 Å². The van der Waals surface area contributed by atoms with Crippen LogP contribution in [0.1, 0.15) is 26.2 Å². The Kier molecular flexibility index (Phi) is 4.01. The largest absolute Gasteiger partial charge is 0.486 e. The smallest absolute Gasteiger partial charge is 0.163 e.